The van der Waals surface area contributed by atoms with Gasteiger partial charge in [-0.15, -0.1) is 3.89 Å². The first-order valence-electron chi connectivity index (χ1n) is 5.75. The van der Waals surface area contributed by atoms with E-state index in [2.05, 4.69) is 0 Å². The zero-order valence-electron chi connectivity index (χ0n) is 9.97. The van der Waals surface area contributed by atoms with Crippen LogP contribution in [0.1, 0.15) is 18.9 Å². The van der Waals surface area contributed by atoms with Crippen molar-refractivity contribution in [1.29, 1.82) is 0 Å². The van der Waals surface area contributed by atoms with Gasteiger partial charge in [-0.05, 0) is 18.1 Å². The van der Waals surface area contributed by atoms with E-state index in [1.165, 1.54) is 4.90 Å². The van der Waals surface area contributed by atoms with Crippen LogP contribution in [0.25, 0.3) is 0 Å². The Labute approximate surface area is 106 Å². The fraction of sp³-hybridized carbons (Fsp3) is 0.417. The van der Waals surface area contributed by atoms with Gasteiger partial charge in [-0.25, -0.2) is 0 Å². The van der Waals surface area contributed by atoms with Crippen molar-refractivity contribution in [3.8, 4) is 0 Å². The minimum absolute atomic E-state index is 0.103. The van der Waals surface area contributed by atoms with Gasteiger partial charge in [-0.1, -0.05) is 25.1 Å². The van der Waals surface area contributed by atoms with Crippen LogP contribution in [-0.4, -0.2) is 26.1 Å². The minimum atomic E-state index is -4.66. The fourth-order valence-electron chi connectivity index (χ4n) is 2.17. The van der Waals surface area contributed by atoms with Crippen LogP contribution < -0.4 is 4.90 Å². The molecule has 0 aromatic heterocycles. The lowest BCUT2D eigenvalue weighted by atomic mass is 10.1. The summed E-state index contributed by atoms with van der Waals surface area (Å²) in [7, 11) is -4.66. The highest BCUT2D eigenvalue weighted by molar-refractivity contribution is 7.87. The Hall–Kier alpha value is -1.43. The van der Waals surface area contributed by atoms with E-state index in [1.807, 2.05) is 19.1 Å². The average Bonchev–Trinajstić information content (AvgIpc) is 2.71. The van der Waals surface area contributed by atoms with E-state index in [0.29, 0.717) is 5.69 Å². The monoisotopic (exact) mass is 271 g/mol. The molecule has 1 amide bonds. The Morgan fingerprint density at radius 3 is 2.61 bits per heavy atom. The van der Waals surface area contributed by atoms with Crippen molar-refractivity contribution in [3.63, 3.8) is 0 Å². The van der Waals surface area contributed by atoms with Crippen molar-refractivity contribution in [2.75, 3.05) is 11.4 Å². The highest BCUT2D eigenvalue weighted by Crippen LogP contribution is 2.28. The van der Waals surface area contributed by atoms with Gasteiger partial charge in [0.1, 0.15) is 5.25 Å². The van der Waals surface area contributed by atoms with Crippen LogP contribution in [-0.2, 0) is 21.4 Å². The Bertz CT molecular complexity index is 570. The van der Waals surface area contributed by atoms with Gasteiger partial charge in [0.15, 0.2) is 0 Å². The lowest BCUT2D eigenvalue weighted by Crippen LogP contribution is -2.27. The third kappa shape index (κ3) is 2.38. The second kappa shape index (κ2) is 4.68. The van der Waals surface area contributed by atoms with Gasteiger partial charge in [0.2, 0.25) is 5.91 Å². The van der Waals surface area contributed by atoms with E-state index >= 15 is 0 Å². The number of nitrogens with zero attached hydrogens (tertiary/aromatic N) is 1. The molecule has 6 heteroatoms. The third-order valence-electron chi connectivity index (χ3n) is 3.15. The van der Waals surface area contributed by atoms with Gasteiger partial charge in [-0.2, -0.15) is 8.42 Å². The number of benzene rings is 1. The Morgan fingerprint density at radius 1 is 1.39 bits per heavy atom. The van der Waals surface area contributed by atoms with Gasteiger partial charge in [0.05, 0.1) is 0 Å². The zero-order valence-corrected chi connectivity index (χ0v) is 10.8. The molecule has 4 nitrogen and oxygen atoms in total. The first kappa shape index (κ1) is 13.0. The third-order valence-corrected chi connectivity index (χ3v) is 4.26. The number of aryl methyl sites for hydroxylation is 1. The van der Waals surface area contributed by atoms with Crippen LogP contribution in [0.5, 0.6) is 0 Å². The molecular formula is C12H14FNO3S. The molecule has 0 spiro atoms. The van der Waals surface area contributed by atoms with E-state index in [0.717, 1.165) is 12.0 Å². The summed E-state index contributed by atoms with van der Waals surface area (Å²) >= 11 is 0. The van der Waals surface area contributed by atoms with E-state index < -0.39 is 15.5 Å². The molecule has 1 saturated heterocycles. The number of halogens is 1. The maximum absolute atomic E-state index is 12.9. The van der Waals surface area contributed by atoms with Crippen LogP contribution in [0.3, 0.4) is 0 Å². The van der Waals surface area contributed by atoms with Crippen molar-refractivity contribution in [2.24, 2.45) is 0 Å². The average molecular weight is 271 g/mol. The number of amides is 1. The highest BCUT2D eigenvalue weighted by Gasteiger charge is 2.39. The van der Waals surface area contributed by atoms with E-state index in [1.54, 1.807) is 12.1 Å². The molecule has 1 aliphatic heterocycles. The molecule has 0 saturated carbocycles. The fourth-order valence-corrected chi connectivity index (χ4v) is 2.84. The van der Waals surface area contributed by atoms with Gasteiger partial charge in [0, 0.05) is 18.7 Å². The molecule has 18 heavy (non-hydrogen) atoms. The quantitative estimate of drug-likeness (QED) is 0.786. The number of anilines is 1. The van der Waals surface area contributed by atoms with E-state index in [-0.39, 0.29) is 18.9 Å². The first-order chi connectivity index (χ1) is 8.43. The Morgan fingerprint density at radius 2 is 2.06 bits per heavy atom. The molecule has 0 N–H and O–H groups in total. The number of hydrogen-bond donors (Lipinski definition) is 0. The molecule has 98 valence electrons. The second-order valence-corrected chi connectivity index (χ2v) is 5.91. The molecule has 1 atom stereocenters. The smallest absolute Gasteiger partial charge is 0.307 e. The number of carbonyl (C=O) groups is 1. The van der Waals surface area contributed by atoms with Gasteiger partial charge < -0.3 is 4.90 Å². The van der Waals surface area contributed by atoms with Crippen LogP contribution in [0.15, 0.2) is 24.3 Å². The summed E-state index contributed by atoms with van der Waals surface area (Å²) in [5.74, 6) is -0.345. The maximum atomic E-state index is 12.9. The van der Waals surface area contributed by atoms with Crippen molar-refractivity contribution in [2.45, 2.75) is 25.0 Å². The summed E-state index contributed by atoms with van der Waals surface area (Å²) in [4.78, 5) is 13.2. The summed E-state index contributed by atoms with van der Waals surface area (Å²) in [6, 6.07) is 7.26. The molecule has 0 bridgehead atoms. The molecule has 1 unspecified atom stereocenters. The van der Waals surface area contributed by atoms with Crippen LogP contribution in [0.4, 0.5) is 9.57 Å². The Balaban J connectivity index is 2.33. The molecular weight excluding hydrogens is 257 g/mol. The summed E-state index contributed by atoms with van der Waals surface area (Å²) in [5, 5.41) is -1.24. The van der Waals surface area contributed by atoms with Crippen molar-refractivity contribution < 1.29 is 17.1 Å². The van der Waals surface area contributed by atoms with Gasteiger partial charge >= 0.3 is 10.2 Å². The van der Waals surface area contributed by atoms with Crippen LogP contribution in [0.2, 0.25) is 0 Å². The predicted molar refractivity (Wildman–Crippen MR) is 66.6 cm³/mol. The molecule has 1 heterocycles. The van der Waals surface area contributed by atoms with Crippen LogP contribution >= 0.6 is 0 Å². The molecule has 1 fully saturated rings. The normalized spacial score (nSPS) is 20.4. The summed E-state index contributed by atoms with van der Waals surface area (Å²) < 4.78 is 34.7. The minimum Gasteiger partial charge on any atom is -0.311 e. The topological polar surface area (TPSA) is 54.5 Å². The maximum Gasteiger partial charge on any atom is 0.307 e. The summed E-state index contributed by atoms with van der Waals surface area (Å²) in [6.07, 6.45) is 0.448. The predicted octanol–water partition coefficient (Wildman–Crippen LogP) is 1.65. The molecule has 1 aromatic carbocycles. The molecule has 1 aliphatic rings. The number of rotatable bonds is 3. The second-order valence-electron chi connectivity index (χ2n) is 4.29. The molecule has 2 rings (SSSR count). The molecule has 1 aromatic rings. The van der Waals surface area contributed by atoms with Crippen molar-refractivity contribution in [1.82, 2.24) is 0 Å². The number of hydrogen-bond acceptors (Lipinski definition) is 3. The van der Waals surface area contributed by atoms with E-state index in [9.17, 15) is 17.1 Å². The van der Waals surface area contributed by atoms with E-state index in [4.69, 9.17) is 0 Å². The SMILES string of the molecule is CCc1ccccc1N1CC(S(=O)(=O)F)CC1=O. The largest absolute Gasteiger partial charge is 0.311 e. The van der Waals surface area contributed by atoms with Crippen LogP contribution in [0, 0.1) is 0 Å². The molecule has 0 aliphatic carbocycles. The van der Waals surface area contributed by atoms with Gasteiger partial charge in [0.25, 0.3) is 0 Å². The Kier molecular flexibility index (Phi) is 3.38. The van der Waals surface area contributed by atoms with Crippen molar-refractivity contribution >= 4 is 21.8 Å². The zero-order chi connectivity index (χ0) is 13.3. The number of para-hydroxylation sites is 1. The standard InChI is InChI=1S/C12H14FNO3S/c1-2-9-5-3-4-6-11(9)14-8-10(7-12(14)15)18(13,16)17/h3-6,10H,2,7-8H2,1H3. The lowest BCUT2D eigenvalue weighted by molar-refractivity contribution is -0.117. The summed E-state index contributed by atoms with van der Waals surface area (Å²) in [6.45, 7) is 1.84. The molecule has 0 radical (unpaired) electrons. The lowest BCUT2D eigenvalue weighted by Gasteiger charge is -2.19. The summed E-state index contributed by atoms with van der Waals surface area (Å²) in [5.41, 5.74) is 1.62. The first-order valence-corrected chi connectivity index (χ1v) is 7.20. The van der Waals surface area contributed by atoms with Crippen molar-refractivity contribution in [3.05, 3.63) is 29.8 Å². The highest BCUT2D eigenvalue weighted by atomic mass is 32.3. The van der Waals surface area contributed by atoms with Gasteiger partial charge in [-0.3, -0.25) is 4.79 Å². The number of carbonyl (C=O) groups excluding carboxylic acids is 1.